The van der Waals surface area contributed by atoms with Crippen molar-refractivity contribution >= 4 is 76.4 Å². The number of aliphatic hydroxyl groups is 10. The van der Waals surface area contributed by atoms with E-state index in [0.29, 0.717) is 6.42 Å². The van der Waals surface area contributed by atoms with E-state index in [2.05, 4.69) is 42.5 Å². The van der Waals surface area contributed by atoms with E-state index in [1.165, 1.54) is 30.3 Å². The van der Waals surface area contributed by atoms with Crippen molar-refractivity contribution < 1.29 is 162 Å². The molecule has 3 fully saturated rings. The lowest BCUT2D eigenvalue weighted by molar-refractivity contribution is -0.284. The summed E-state index contributed by atoms with van der Waals surface area (Å²) in [4.78, 5) is 138. The summed E-state index contributed by atoms with van der Waals surface area (Å²) in [6, 6.07) is 0.534. The number of nitrogens with two attached hydrogens (primary N) is 1. The van der Waals surface area contributed by atoms with Gasteiger partial charge in [-0.05, 0) is 125 Å². The van der Waals surface area contributed by atoms with Crippen LogP contribution >= 0.6 is 23.2 Å². The molecule has 0 spiro atoms. The second kappa shape index (κ2) is 40.8. The Hall–Kier alpha value is -12.3. The number of aliphatic hydroxyl groups excluding tert-OH is 10. The highest BCUT2D eigenvalue weighted by atomic mass is 35.5. The molecular formula is C88H95Cl2N9O33. The lowest BCUT2D eigenvalue weighted by Gasteiger charge is -2.44. The monoisotopic (exact) mass is 1880 g/mol. The molecule has 42 nitrogen and oxygen atoms in total. The zero-order valence-corrected chi connectivity index (χ0v) is 71.4. The Labute approximate surface area is 759 Å². The third-order valence-electron chi connectivity index (χ3n) is 23.1. The fraction of sp³-hybridized carbons (Fsp3) is 0.398. The molecule has 3 saturated heterocycles. The first-order valence-electron chi connectivity index (χ1n) is 41.7. The number of hydrogen-bond donors (Lipinski definition) is 24. The van der Waals surface area contributed by atoms with Crippen molar-refractivity contribution in [1.82, 2.24) is 42.5 Å². The summed E-state index contributed by atoms with van der Waals surface area (Å²) >= 11 is 14.7. The number of halogens is 2. The molecule has 44 heteroatoms. The number of hydrogen-bond acceptors (Lipinski definition) is 33. The van der Waals surface area contributed by atoms with Crippen LogP contribution in [-0.4, -0.2) is 254 Å². The van der Waals surface area contributed by atoms with Crippen molar-refractivity contribution in [3.05, 3.63) is 176 Å². The van der Waals surface area contributed by atoms with E-state index < -0.39 is 316 Å². The molecule has 8 amide bonds. The maximum absolute atomic E-state index is 17.0. The van der Waals surface area contributed by atoms with Crippen LogP contribution in [0.25, 0.3) is 11.1 Å². The number of amides is 8. The minimum atomic E-state index is -2.59. The number of phenolic OH excluding ortho intramolecular Hbond substituents is 4. The number of aliphatic carboxylic acids is 1. The summed E-state index contributed by atoms with van der Waals surface area (Å²) in [5.41, 5.74) is 2.76. The number of nitrogens with one attached hydrogen (secondary N) is 8. The Balaban J connectivity index is 1.04. The number of ether oxygens (including phenoxy) is 9. The van der Waals surface area contributed by atoms with Gasteiger partial charge in [-0.25, -0.2) is 4.79 Å². The van der Waals surface area contributed by atoms with Gasteiger partial charge >= 0.3 is 5.97 Å². The molecule has 704 valence electrons. The second-order valence-corrected chi connectivity index (χ2v) is 33.2. The smallest absolute Gasteiger partial charge is 0.330 e. The number of carboxylic acid groups (broad SMARTS) is 1. The fourth-order valence-electron chi connectivity index (χ4n) is 16.3. The molecule has 9 aliphatic rings. The van der Waals surface area contributed by atoms with Crippen molar-refractivity contribution in [2.45, 2.75) is 199 Å². The highest BCUT2D eigenvalue weighted by Crippen LogP contribution is 2.51. The predicted molar refractivity (Wildman–Crippen MR) is 453 cm³/mol. The topological polar surface area (TPSA) is 662 Å². The normalized spacial score (nSPS) is 28.9. The van der Waals surface area contributed by atoms with Crippen molar-refractivity contribution in [2.24, 2.45) is 5.73 Å². The number of phenols is 4. The molecule has 25 N–H and O–H groups in total. The first-order chi connectivity index (χ1) is 63.0. The molecule has 7 aromatic carbocycles. The van der Waals surface area contributed by atoms with Gasteiger partial charge in [0.2, 0.25) is 65.6 Å². The third-order valence-corrected chi connectivity index (χ3v) is 23.7. The molecule has 0 radical (unpaired) electrons. The van der Waals surface area contributed by atoms with Gasteiger partial charge in [0, 0.05) is 48.6 Å². The molecule has 9 aliphatic heterocycles. The van der Waals surface area contributed by atoms with Gasteiger partial charge in [-0.1, -0.05) is 85.8 Å². The van der Waals surface area contributed by atoms with E-state index in [4.69, 9.17) is 71.6 Å². The SMILES string of the molecule is CCCCCCC=CCC(=O)NC1C(Oc2c3cc4cc2Oc2ccc(cc2Cl)C(OC2OC(CO)C(O)C(O)C2NC(C)=O)C2NC(=O)C(NC(=O)C4NC(=O)C4NC(=O)C(Cc5ccc(c(Cl)c5)O3)NC(=O)C(N)c3ccc(O)c(c3)Oc3cc(O)cc4c3)c3ccc(O)c(c3)-c3c(OC4OC(CO)C(O)C(O)C4O)cc(O)cc3C(C(=O)O)NC2=O)OC(CO)C(O)C1O. The van der Waals surface area contributed by atoms with E-state index in [0.717, 1.165) is 118 Å². The molecule has 7 aromatic rings. The van der Waals surface area contributed by atoms with Crippen LogP contribution in [0.4, 0.5) is 0 Å². The summed E-state index contributed by atoms with van der Waals surface area (Å²) in [7, 11) is 0. The molecule has 0 aromatic heterocycles. The Bertz CT molecular complexity index is 5600. The molecule has 132 heavy (non-hydrogen) atoms. The minimum Gasteiger partial charge on any atom is -0.508 e. The zero-order valence-electron chi connectivity index (χ0n) is 69.9. The molecule has 17 bridgehead atoms. The maximum Gasteiger partial charge on any atom is 0.330 e. The van der Waals surface area contributed by atoms with Gasteiger partial charge in [0.05, 0.1) is 29.9 Å². The number of unbranched alkanes of at least 4 members (excludes halogenated alkanes) is 4. The number of rotatable bonds is 19. The van der Waals surface area contributed by atoms with E-state index >= 15 is 24.0 Å². The number of carbonyl (C=O) groups is 9. The lowest BCUT2D eigenvalue weighted by Crippen LogP contribution is -2.65. The van der Waals surface area contributed by atoms with E-state index in [1.807, 2.05) is 6.92 Å². The van der Waals surface area contributed by atoms with Crippen LogP contribution in [0.15, 0.2) is 127 Å². The fourth-order valence-corrected chi connectivity index (χ4v) is 16.7. The first kappa shape index (κ1) is 95.8. The summed E-state index contributed by atoms with van der Waals surface area (Å²) in [6.45, 7) is -0.145. The Morgan fingerprint density at radius 3 is 1.71 bits per heavy atom. The van der Waals surface area contributed by atoms with Crippen LogP contribution in [0.1, 0.15) is 128 Å². The van der Waals surface area contributed by atoms with E-state index in [9.17, 15) is 95.8 Å². The average molecular weight is 1880 g/mol. The van der Waals surface area contributed by atoms with Gasteiger partial charge in [0.15, 0.2) is 35.3 Å². The van der Waals surface area contributed by atoms with Crippen molar-refractivity contribution in [3.63, 3.8) is 0 Å². The predicted octanol–water partition coefficient (Wildman–Crippen LogP) is 0.940. The van der Waals surface area contributed by atoms with Gasteiger partial charge in [-0.15, -0.1) is 0 Å². The largest absolute Gasteiger partial charge is 0.508 e. The van der Waals surface area contributed by atoms with Crippen molar-refractivity contribution in [1.29, 1.82) is 0 Å². The molecule has 0 aliphatic carbocycles. The summed E-state index contributed by atoms with van der Waals surface area (Å²) < 4.78 is 57.4. The molecule has 16 rings (SSSR count). The molecule has 9 heterocycles. The van der Waals surface area contributed by atoms with Crippen LogP contribution in [-0.2, 0) is 68.5 Å². The molecule has 23 unspecified atom stereocenters. The third kappa shape index (κ3) is 20.6. The summed E-state index contributed by atoms with van der Waals surface area (Å²) in [5, 5.41) is 190. The standard InChI is InChI=1S/C88H95Cl2N9O33/c1-3-4-5-6-7-8-9-10-60(108)94-68-74(113)71(110)58(32-101)129-87(68)132-78-55-26-40-27-56(78)126-52-18-14-38(24-47(52)90)77(131-86-67(92-34(2)103)73(112)70(109)57(31-100)128-86)69-84(121)98-66(85(122)123)45-29-42(105)30-54(127-88-76(115)75(114)72(111)59(33-102)130-88)61(45)44-23-37(13-15-49(44)106)63(81(118)99-69)96-83(120)65(40)97-82(119)64-39-21-41(104)28-43(22-39)124-53-25-36(12-16-50(53)107)62(91)80(117)93-48(79(116)95-64)20-35-11-17-51(125-55)46(89)19-35/h8-9,11-19,21-30,48,57-59,62-77,86-88,100-102,104-107,109-115H,3-7,10,20,31-33,91H2,1-2H3,(H,92,103)(H,93,117)(H,94,108)(H,95,116)(H,96,120)(H,97,119)(H,98,121)(H,99,118)(H,122,123). The molecule has 23 atom stereocenters. The highest BCUT2D eigenvalue weighted by Gasteiger charge is 2.52. The number of aromatic hydroxyl groups is 4. The summed E-state index contributed by atoms with van der Waals surface area (Å²) in [5.74, 6) is -19.7. The van der Waals surface area contributed by atoms with Gasteiger partial charge in [-0.3, -0.25) is 38.4 Å². The molecule has 0 saturated carbocycles. The Kier molecular flexibility index (Phi) is 29.6. The van der Waals surface area contributed by atoms with E-state index in [1.54, 1.807) is 12.2 Å². The lowest BCUT2D eigenvalue weighted by atomic mass is 9.89. The minimum absolute atomic E-state index is 0.0249. The number of carboxylic acids is 1. The quantitative estimate of drug-likeness (QED) is 0.0396. The number of allylic oxidation sites excluding steroid dienone is 1. The van der Waals surface area contributed by atoms with Crippen LogP contribution < -0.4 is 72.0 Å². The average Bonchev–Trinajstić information content (AvgIpc) is 0.757. The maximum atomic E-state index is 17.0. The van der Waals surface area contributed by atoms with Crippen molar-refractivity contribution in [3.8, 4) is 80.1 Å². The van der Waals surface area contributed by atoms with Gasteiger partial charge < -0.3 is 167 Å². The zero-order chi connectivity index (χ0) is 94.7. The first-order valence-corrected chi connectivity index (χ1v) is 42.5. The number of benzene rings is 7. The van der Waals surface area contributed by atoms with Crippen molar-refractivity contribution in [2.75, 3.05) is 19.8 Å². The number of carbonyl (C=O) groups excluding carboxylic acids is 8. The number of fused-ring (bicyclic) bond motifs is 14. The second-order valence-electron chi connectivity index (χ2n) is 32.4. The van der Waals surface area contributed by atoms with Crippen LogP contribution in [0, 0.1) is 0 Å². The van der Waals surface area contributed by atoms with Crippen LogP contribution in [0.3, 0.4) is 0 Å². The highest BCUT2D eigenvalue weighted by molar-refractivity contribution is 6.32. The van der Waals surface area contributed by atoms with Gasteiger partial charge in [0.25, 0.3) is 0 Å². The van der Waals surface area contributed by atoms with Gasteiger partial charge in [0.1, 0.15) is 156 Å². The molecular weight excluding hydrogens is 1780 g/mol. The van der Waals surface area contributed by atoms with E-state index in [-0.39, 0.29) is 39.8 Å². The Morgan fingerprint density at radius 1 is 0.508 bits per heavy atom. The Morgan fingerprint density at radius 2 is 1.08 bits per heavy atom. The summed E-state index contributed by atoms with van der Waals surface area (Å²) in [6.07, 6.45) is -22.1. The van der Waals surface area contributed by atoms with Crippen LogP contribution in [0.2, 0.25) is 10.0 Å². The van der Waals surface area contributed by atoms with Crippen LogP contribution in [0.5, 0.6) is 69.0 Å². The van der Waals surface area contributed by atoms with Gasteiger partial charge in [-0.2, -0.15) is 0 Å².